The molecular weight excluding hydrogens is 1090 g/mol. The van der Waals surface area contributed by atoms with Gasteiger partial charge in [-0.3, -0.25) is 0 Å². The van der Waals surface area contributed by atoms with Gasteiger partial charge in [-0.2, -0.15) is 0 Å². The van der Waals surface area contributed by atoms with Crippen molar-refractivity contribution in [3.63, 3.8) is 0 Å². The van der Waals surface area contributed by atoms with E-state index < -0.39 is 0 Å². The van der Waals surface area contributed by atoms with Gasteiger partial charge in [0.1, 0.15) is 23.0 Å². The molecular formula is C61H68BrIN6O4. The summed E-state index contributed by atoms with van der Waals surface area (Å²) in [4.78, 5) is 18.6. The van der Waals surface area contributed by atoms with Gasteiger partial charge in [0.05, 0.1) is 106 Å². The fourth-order valence-corrected chi connectivity index (χ4v) is 9.69. The van der Waals surface area contributed by atoms with Gasteiger partial charge in [0, 0.05) is 50.7 Å². The van der Waals surface area contributed by atoms with E-state index in [0.29, 0.717) is 6.61 Å². The lowest BCUT2D eigenvalue weighted by Gasteiger charge is -2.30. The first-order chi connectivity index (χ1) is 34.4. The Kier molecular flexibility index (Phi) is 18.1. The summed E-state index contributed by atoms with van der Waals surface area (Å²) in [6.45, 7) is 4.16. The fourth-order valence-electron chi connectivity index (χ4n) is 9.69. The third kappa shape index (κ3) is 13.1. The molecule has 0 atom stereocenters. The van der Waals surface area contributed by atoms with E-state index in [1.54, 1.807) is 21.3 Å². The van der Waals surface area contributed by atoms with Crippen LogP contribution in [0.1, 0.15) is 54.9 Å². The second-order valence-electron chi connectivity index (χ2n) is 20.2. The van der Waals surface area contributed by atoms with E-state index in [0.717, 1.165) is 134 Å². The molecule has 12 heteroatoms. The van der Waals surface area contributed by atoms with E-state index >= 15 is 0 Å². The number of halogens is 2. The van der Waals surface area contributed by atoms with Gasteiger partial charge < -0.3 is 78.8 Å². The third-order valence-corrected chi connectivity index (χ3v) is 13.6. The monoisotopic (exact) mass is 1150 g/mol. The molecule has 2 aliphatic heterocycles. The average molecular weight is 1160 g/mol. The van der Waals surface area contributed by atoms with Crippen LogP contribution in [-0.2, 0) is 0 Å². The first-order valence-electron chi connectivity index (χ1n) is 24.8. The number of hydrogen-bond donors (Lipinski definition) is 2. The number of hydrogen-bond acceptors (Lipinski definition) is 6. The van der Waals surface area contributed by atoms with Gasteiger partial charge in [-0.15, -0.1) is 0 Å². The van der Waals surface area contributed by atoms with E-state index in [4.69, 9.17) is 28.9 Å². The lowest BCUT2D eigenvalue weighted by molar-refractivity contribution is -0.890. The van der Waals surface area contributed by atoms with Crippen molar-refractivity contribution in [1.82, 2.24) is 19.9 Å². The lowest BCUT2D eigenvalue weighted by atomic mass is 10.0. The highest BCUT2D eigenvalue weighted by atomic mass is 127. The summed E-state index contributed by atoms with van der Waals surface area (Å²) in [6, 6.07) is 41.5. The number of H-pyrrole nitrogens is 2. The van der Waals surface area contributed by atoms with Crippen molar-refractivity contribution in [1.29, 1.82) is 0 Å². The van der Waals surface area contributed by atoms with Gasteiger partial charge in [-0.1, -0.05) is 48.5 Å². The van der Waals surface area contributed by atoms with Crippen molar-refractivity contribution in [2.45, 2.75) is 32.1 Å². The number of benzene rings is 4. The first kappa shape index (κ1) is 54.6. The molecule has 4 aromatic carbocycles. The first-order valence-corrected chi connectivity index (χ1v) is 24.8. The van der Waals surface area contributed by atoms with E-state index in [2.05, 4.69) is 154 Å². The highest BCUT2D eigenvalue weighted by Gasteiger charge is 2.21. The van der Waals surface area contributed by atoms with Crippen LogP contribution in [-0.4, -0.2) is 112 Å². The van der Waals surface area contributed by atoms with Crippen molar-refractivity contribution in [3.05, 3.63) is 144 Å². The molecule has 0 amide bonds. The molecule has 2 aliphatic rings. The van der Waals surface area contributed by atoms with E-state index in [1.807, 2.05) is 36.4 Å². The number of aromatic nitrogens is 4. The third-order valence-electron chi connectivity index (χ3n) is 13.6. The van der Waals surface area contributed by atoms with E-state index in [9.17, 15) is 0 Å². The van der Waals surface area contributed by atoms with E-state index in [-0.39, 0.29) is 41.0 Å². The molecule has 9 rings (SSSR count). The van der Waals surface area contributed by atoms with Crippen LogP contribution in [0.3, 0.4) is 0 Å². The van der Waals surface area contributed by atoms with Crippen LogP contribution in [0.25, 0.3) is 90.9 Å². The molecule has 0 aliphatic carbocycles. The van der Waals surface area contributed by atoms with Crippen molar-refractivity contribution in [3.8, 4) is 67.5 Å². The fraction of sp³-hybridized carbons (Fsp3) is 0.279. The van der Waals surface area contributed by atoms with Crippen molar-refractivity contribution < 1.29 is 68.9 Å². The Bertz CT molecular complexity index is 3060. The lowest BCUT2D eigenvalue weighted by Crippen LogP contribution is -3.00. The molecule has 0 saturated carbocycles. The maximum Gasteiger partial charge on any atom is 0.119 e. The molecule has 0 radical (unpaired) electrons. The molecule has 5 heterocycles. The van der Waals surface area contributed by atoms with Crippen molar-refractivity contribution in [2.24, 2.45) is 0 Å². The van der Waals surface area contributed by atoms with Crippen LogP contribution in [0.5, 0.6) is 23.0 Å². The zero-order chi connectivity index (χ0) is 49.5. The Morgan fingerprint density at radius 1 is 0.384 bits per heavy atom. The molecule has 10 nitrogen and oxygen atoms in total. The number of methoxy groups -OCH3 is 3. The van der Waals surface area contributed by atoms with Crippen molar-refractivity contribution in [2.75, 3.05) is 82.8 Å². The largest absolute Gasteiger partial charge is 1.00 e. The average Bonchev–Trinajstić information content (AvgIpc) is 4.23. The summed E-state index contributed by atoms with van der Waals surface area (Å²) in [5.74, 6) is 3.20. The molecule has 0 spiro atoms. The molecule has 380 valence electrons. The number of ether oxygens (including phenoxy) is 4. The summed E-state index contributed by atoms with van der Waals surface area (Å²) in [7, 11) is 16.6. The summed E-state index contributed by atoms with van der Waals surface area (Å²) >= 11 is 0. The Morgan fingerprint density at radius 3 is 1.11 bits per heavy atom. The zero-order valence-corrected chi connectivity index (χ0v) is 47.1. The van der Waals surface area contributed by atoms with Gasteiger partial charge in [-0.25, -0.2) is 9.97 Å². The maximum atomic E-state index is 6.39. The SMILES string of the molecule is COc1ccc(-c2c3nc(c(-c4ccc(OCCC[N+](C)(C)CCCCCC[N+](C)(C)C)cc4)c4nc(c(-c5ccc(OC)cc5)c5ccc([nH]5)c(-c5ccc(OC)cc5)c5ccc2[nH]5)C=C4)C=C3)cc1.[Br-].[I-]. The number of unbranched alkanes of at least 4 members (excludes halogenated alkanes) is 3. The quantitative estimate of drug-likeness (QED) is 0.0497. The smallest absolute Gasteiger partial charge is 0.119 e. The van der Waals surface area contributed by atoms with Crippen molar-refractivity contribution >= 4 is 46.4 Å². The van der Waals surface area contributed by atoms with Crippen LogP contribution in [0.4, 0.5) is 0 Å². The summed E-state index contributed by atoms with van der Waals surface area (Å²) in [5.41, 5.74) is 14.9. The highest BCUT2D eigenvalue weighted by molar-refractivity contribution is 6.00. The second kappa shape index (κ2) is 24.2. The second-order valence-corrected chi connectivity index (χ2v) is 20.2. The number of fused-ring (bicyclic) bond motifs is 8. The molecule has 0 unspecified atom stereocenters. The Morgan fingerprint density at radius 2 is 0.712 bits per heavy atom. The number of quaternary nitrogens is 2. The predicted octanol–water partition coefficient (Wildman–Crippen LogP) is 7.47. The molecule has 73 heavy (non-hydrogen) atoms. The minimum absolute atomic E-state index is 0. The summed E-state index contributed by atoms with van der Waals surface area (Å²) < 4.78 is 25.2. The molecule has 2 N–H and O–H groups in total. The standard InChI is InChI=1S/C61H68N6O4.BrH.HI/c1-66(2,3)38-11-9-10-12-39-67(4,5)40-13-41-71-49-28-20-45(21-29-49)61-56-36-34-54(64-56)59(43-16-24-47(69-7)25-17-43)52-32-30-50(62-52)58(42-14-22-46(68-6)23-15-42)51-31-33-53(63-51)60(55-35-37-57(61)65-55)44-18-26-48(70-8)27-19-44;;/h14-37,62-63H,9-13,38-41H2,1-8H3;2*1H/q+2;;/p-2. The predicted molar refractivity (Wildman–Crippen MR) is 294 cm³/mol. The Hall–Kier alpha value is -6.19. The minimum atomic E-state index is 0. The molecule has 3 aromatic heterocycles. The minimum Gasteiger partial charge on any atom is -1.00 e. The van der Waals surface area contributed by atoms with Gasteiger partial charge >= 0.3 is 0 Å². The molecule has 0 fully saturated rings. The zero-order valence-electron chi connectivity index (χ0n) is 43.4. The van der Waals surface area contributed by atoms with Crippen LogP contribution in [0, 0.1) is 0 Å². The topological polar surface area (TPSA) is 94.3 Å². The Balaban J connectivity index is 0.00000390. The molecule has 0 saturated heterocycles. The normalized spacial score (nSPS) is 12.0. The Labute approximate surface area is 458 Å². The number of nitrogens with zero attached hydrogens (tertiary/aromatic N) is 4. The summed E-state index contributed by atoms with van der Waals surface area (Å²) in [6.07, 6.45) is 14.6. The van der Waals surface area contributed by atoms with Crippen LogP contribution < -0.4 is 59.9 Å². The van der Waals surface area contributed by atoms with Crippen LogP contribution in [0.15, 0.2) is 121 Å². The summed E-state index contributed by atoms with van der Waals surface area (Å²) in [5, 5.41) is 0. The van der Waals surface area contributed by atoms with Gasteiger partial charge in [0.15, 0.2) is 0 Å². The van der Waals surface area contributed by atoms with E-state index in [1.165, 1.54) is 38.8 Å². The maximum absolute atomic E-state index is 6.39. The highest BCUT2D eigenvalue weighted by Crippen LogP contribution is 2.39. The molecule has 8 bridgehead atoms. The molecule has 7 aromatic rings. The van der Waals surface area contributed by atoms with Crippen LogP contribution in [0.2, 0.25) is 0 Å². The van der Waals surface area contributed by atoms with Gasteiger partial charge in [0.2, 0.25) is 0 Å². The van der Waals surface area contributed by atoms with Crippen LogP contribution >= 0.6 is 0 Å². The number of rotatable bonds is 19. The van der Waals surface area contributed by atoms with Gasteiger partial charge in [0.25, 0.3) is 0 Å². The number of aromatic amines is 2. The van der Waals surface area contributed by atoms with Gasteiger partial charge in [-0.05, 0) is 145 Å². The number of nitrogens with one attached hydrogen (secondary N) is 2.